The SMILES string of the molecule is CCc1cccc(CC)c1OC(=O)c1cc(Oc2ccc(C(F)(F)F)cc2Cl)ccc1[N+](=O)[O-]. The number of benzene rings is 3. The summed E-state index contributed by atoms with van der Waals surface area (Å²) in [5.74, 6) is -0.790. The van der Waals surface area contributed by atoms with Crippen molar-refractivity contribution in [2.24, 2.45) is 0 Å². The molecule has 0 amide bonds. The van der Waals surface area contributed by atoms with Gasteiger partial charge in [-0.05, 0) is 48.2 Å². The van der Waals surface area contributed by atoms with Crippen LogP contribution in [0.5, 0.6) is 17.2 Å². The van der Waals surface area contributed by atoms with Gasteiger partial charge in [0, 0.05) is 12.1 Å². The normalized spacial score (nSPS) is 11.2. The van der Waals surface area contributed by atoms with Gasteiger partial charge in [0.05, 0.1) is 15.5 Å². The fourth-order valence-corrected chi connectivity index (χ4v) is 3.48. The van der Waals surface area contributed by atoms with E-state index in [1.165, 1.54) is 6.07 Å². The predicted octanol–water partition coefficient (Wildman–Crippen LogP) is 7.40. The van der Waals surface area contributed by atoms with Crippen LogP contribution in [0.2, 0.25) is 5.02 Å². The van der Waals surface area contributed by atoms with Crippen LogP contribution in [0.15, 0.2) is 54.6 Å². The molecule has 3 aromatic rings. The lowest BCUT2D eigenvalue weighted by atomic mass is 10.0. The van der Waals surface area contributed by atoms with Crippen LogP contribution in [0.4, 0.5) is 18.9 Å². The molecule has 3 aromatic carbocycles. The summed E-state index contributed by atoms with van der Waals surface area (Å²) in [5.41, 5.74) is -0.320. The molecule has 3 rings (SSSR count). The Kier molecular flexibility index (Phi) is 7.46. The van der Waals surface area contributed by atoms with Crippen molar-refractivity contribution in [1.82, 2.24) is 0 Å². The molecular formula is C24H19ClF3NO5. The van der Waals surface area contributed by atoms with Gasteiger partial charge >= 0.3 is 12.1 Å². The second-order valence-electron chi connectivity index (χ2n) is 7.18. The topological polar surface area (TPSA) is 78.7 Å². The second kappa shape index (κ2) is 10.1. The van der Waals surface area contributed by atoms with Crippen molar-refractivity contribution in [3.8, 4) is 17.2 Å². The van der Waals surface area contributed by atoms with Gasteiger partial charge in [-0.15, -0.1) is 0 Å². The molecule has 0 aliphatic heterocycles. The third-order valence-electron chi connectivity index (χ3n) is 5.01. The zero-order valence-electron chi connectivity index (χ0n) is 18.1. The van der Waals surface area contributed by atoms with Crippen molar-refractivity contribution in [1.29, 1.82) is 0 Å². The zero-order chi connectivity index (χ0) is 25.0. The number of alkyl halides is 3. The summed E-state index contributed by atoms with van der Waals surface area (Å²) in [7, 11) is 0. The number of aryl methyl sites for hydroxylation is 2. The lowest BCUT2D eigenvalue weighted by Gasteiger charge is -2.14. The molecule has 6 nitrogen and oxygen atoms in total. The number of carbonyl (C=O) groups excluding carboxylic acids is 1. The number of hydrogen-bond donors (Lipinski definition) is 0. The molecule has 0 unspecified atom stereocenters. The Labute approximate surface area is 198 Å². The molecule has 0 atom stereocenters. The highest BCUT2D eigenvalue weighted by molar-refractivity contribution is 6.32. The van der Waals surface area contributed by atoms with E-state index in [-0.39, 0.29) is 22.1 Å². The Morgan fingerprint density at radius 3 is 2.21 bits per heavy atom. The quantitative estimate of drug-likeness (QED) is 0.148. The molecule has 0 aromatic heterocycles. The fraction of sp³-hybridized carbons (Fsp3) is 0.208. The Morgan fingerprint density at radius 2 is 1.68 bits per heavy atom. The molecule has 0 saturated heterocycles. The maximum Gasteiger partial charge on any atom is 0.416 e. The van der Waals surface area contributed by atoms with Crippen LogP contribution in [0.25, 0.3) is 0 Å². The highest BCUT2D eigenvalue weighted by Crippen LogP contribution is 2.37. The van der Waals surface area contributed by atoms with Crippen LogP contribution in [0, 0.1) is 10.1 Å². The summed E-state index contributed by atoms with van der Waals surface area (Å²) in [4.78, 5) is 23.7. The first-order valence-electron chi connectivity index (χ1n) is 10.2. The van der Waals surface area contributed by atoms with E-state index < -0.39 is 28.3 Å². The van der Waals surface area contributed by atoms with Gasteiger partial charge in [-0.3, -0.25) is 10.1 Å². The molecular weight excluding hydrogens is 475 g/mol. The smallest absolute Gasteiger partial charge is 0.416 e. The molecule has 0 radical (unpaired) electrons. The van der Waals surface area contributed by atoms with Crippen molar-refractivity contribution in [2.75, 3.05) is 0 Å². The van der Waals surface area contributed by atoms with Gasteiger partial charge in [0.15, 0.2) is 0 Å². The van der Waals surface area contributed by atoms with Gasteiger partial charge in [0.2, 0.25) is 0 Å². The summed E-state index contributed by atoms with van der Waals surface area (Å²) in [6.45, 7) is 3.77. The number of ether oxygens (including phenoxy) is 2. The molecule has 10 heteroatoms. The van der Waals surface area contributed by atoms with E-state index in [0.29, 0.717) is 24.7 Å². The van der Waals surface area contributed by atoms with E-state index in [4.69, 9.17) is 21.1 Å². The highest BCUT2D eigenvalue weighted by atomic mass is 35.5. The van der Waals surface area contributed by atoms with Crippen LogP contribution in [-0.2, 0) is 19.0 Å². The first-order chi connectivity index (χ1) is 16.0. The van der Waals surface area contributed by atoms with Crippen LogP contribution in [0.3, 0.4) is 0 Å². The first kappa shape index (κ1) is 25.0. The van der Waals surface area contributed by atoms with Gasteiger partial charge in [0.1, 0.15) is 22.8 Å². The Bertz CT molecular complexity index is 1220. The molecule has 0 aliphatic carbocycles. The number of esters is 1. The molecule has 0 saturated carbocycles. The highest BCUT2D eigenvalue weighted by Gasteiger charge is 2.31. The Morgan fingerprint density at radius 1 is 1.03 bits per heavy atom. The monoisotopic (exact) mass is 493 g/mol. The standard InChI is InChI=1S/C24H19ClF3NO5/c1-3-14-6-5-7-15(4-2)22(14)34-23(30)18-13-17(9-10-20(18)29(31)32)33-21-11-8-16(12-19(21)25)24(26,27)28/h5-13H,3-4H2,1-2H3. The molecule has 178 valence electrons. The summed E-state index contributed by atoms with van der Waals surface area (Å²) >= 11 is 5.92. The minimum absolute atomic E-state index is 0.0429. The van der Waals surface area contributed by atoms with Crippen LogP contribution in [0.1, 0.15) is 40.9 Å². The first-order valence-corrected chi connectivity index (χ1v) is 10.6. The lowest BCUT2D eigenvalue weighted by Crippen LogP contribution is -2.13. The number of nitrogens with zero attached hydrogens (tertiary/aromatic N) is 1. The van der Waals surface area contributed by atoms with Crippen molar-refractivity contribution < 1.29 is 32.4 Å². The molecule has 0 bridgehead atoms. The van der Waals surface area contributed by atoms with E-state index in [2.05, 4.69) is 0 Å². The number of nitro groups is 1. The molecule has 0 fully saturated rings. The van der Waals surface area contributed by atoms with E-state index >= 15 is 0 Å². The number of halogens is 4. The summed E-state index contributed by atoms with van der Waals surface area (Å²) < 4.78 is 49.7. The van der Waals surface area contributed by atoms with Gasteiger partial charge in [-0.25, -0.2) is 4.79 Å². The number of hydrogen-bond acceptors (Lipinski definition) is 5. The lowest BCUT2D eigenvalue weighted by molar-refractivity contribution is -0.385. The summed E-state index contributed by atoms with van der Waals surface area (Å²) in [6.07, 6.45) is -3.43. The minimum Gasteiger partial charge on any atom is -0.456 e. The molecule has 0 spiro atoms. The van der Waals surface area contributed by atoms with E-state index in [1.54, 1.807) is 12.1 Å². The predicted molar refractivity (Wildman–Crippen MR) is 120 cm³/mol. The average molecular weight is 494 g/mol. The number of rotatable bonds is 7. The third-order valence-corrected chi connectivity index (χ3v) is 5.30. The maximum atomic E-state index is 13.0. The second-order valence-corrected chi connectivity index (χ2v) is 7.59. The van der Waals surface area contributed by atoms with Crippen LogP contribution >= 0.6 is 11.6 Å². The average Bonchev–Trinajstić information content (AvgIpc) is 2.79. The van der Waals surface area contributed by atoms with E-state index in [0.717, 1.165) is 35.4 Å². The van der Waals surface area contributed by atoms with Crippen molar-refractivity contribution >= 4 is 23.3 Å². The Hall–Kier alpha value is -3.59. The van der Waals surface area contributed by atoms with Crippen molar-refractivity contribution in [3.05, 3.63) is 92.0 Å². The number of nitro benzene ring substituents is 1. The molecule has 34 heavy (non-hydrogen) atoms. The Balaban J connectivity index is 1.96. The molecule has 0 heterocycles. The van der Waals surface area contributed by atoms with E-state index in [9.17, 15) is 28.1 Å². The van der Waals surface area contributed by atoms with Gasteiger partial charge < -0.3 is 9.47 Å². The number of carbonyl (C=O) groups is 1. The van der Waals surface area contributed by atoms with E-state index in [1.807, 2.05) is 19.9 Å². The largest absolute Gasteiger partial charge is 0.456 e. The number of para-hydroxylation sites is 1. The summed E-state index contributed by atoms with van der Waals surface area (Å²) in [6, 6.07) is 11.3. The van der Waals surface area contributed by atoms with Crippen molar-refractivity contribution in [2.45, 2.75) is 32.9 Å². The van der Waals surface area contributed by atoms with Gasteiger partial charge in [0.25, 0.3) is 5.69 Å². The van der Waals surface area contributed by atoms with Gasteiger partial charge in [-0.1, -0.05) is 43.6 Å². The van der Waals surface area contributed by atoms with Gasteiger partial charge in [-0.2, -0.15) is 13.2 Å². The minimum atomic E-state index is -4.58. The van der Waals surface area contributed by atoms with Crippen LogP contribution in [-0.4, -0.2) is 10.9 Å². The molecule has 0 N–H and O–H groups in total. The third kappa shape index (κ3) is 5.48. The summed E-state index contributed by atoms with van der Waals surface area (Å²) in [5, 5.41) is 11.2. The zero-order valence-corrected chi connectivity index (χ0v) is 18.9. The molecule has 0 aliphatic rings. The van der Waals surface area contributed by atoms with Crippen molar-refractivity contribution in [3.63, 3.8) is 0 Å². The fourth-order valence-electron chi connectivity index (χ4n) is 3.26. The van der Waals surface area contributed by atoms with Crippen LogP contribution < -0.4 is 9.47 Å². The maximum absolute atomic E-state index is 13.0.